The summed E-state index contributed by atoms with van der Waals surface area (Å²) >= 11 is 3.39. The highest BCUT2D eigenvalue weighted by Gasteiger charge is 2.17. The average molecular weight is 391 g/mol. The first kappa shape index (κ1) is 18.8. The summed E-state index contributed by atoms with van der Waals surface area (Å²) in [5.74, 6) is 4.20. The van der Waals surface area contributed by atoms with Gasteiger partial charge in [-0.25, -0.2) is 9.97 Å². The lowest BCUT2D eigenvalue weighted by atomic mass is 10.2. The fourth-order valence-electron chi connectivity index (χ4n) is 2.54. The minimum Gasteiger partial charge on any atom is -0.497 e. The van der Waals surface area contributed by atoms with Crippen molar-refractivity contribution < 1.29 is 9.53 Å². The molecule has 1 N–H and O–H groups in total. The smallest absolute Gasteiger partial charge is 0.230 e. The van der Waals surface area contributed by atoms with Gasteiger partial charge in [0, 0.05) is 43.5 Å². The molecule has 6 nitrogen and oxygen atoms in total. The summed E-state index contributed by atoms with van der Waals surface area (Å²) in [6, 6.07) is 7.67. The zero-order valence-corrected chi connectivity index (χ0v) is 16.3. The quantitative estimate of drug-likeness (QED) is 0.728. The molecule has 1 aliphatic heterocycles. The molecule has 1 saturated heterocycles. The summed E-state index contributed by atoms with van der Waals surface area (Å²) in [6.45, 7) is 2.45. The van der Waals surface area contributed by atoms with Crippen LogP contribution in [0.1, 0.15) is 5.56 Å². The first-order valence-corrected chi connectivity index (χ1v) is 10.6. The van der Waals surface area contributed by atoms with Crippen molar-refractivity contribution >= 4 is 35.2 Å². The van der Waals surface area contributed by atoms with Crippen molar-refractivity contribution in [2.24, 2.45) is 0 Å². The number of nitrogens with one attached hydrogen (secondary N) is 1. The van der Waals surface area contributed by atoms with Crippen molar-refractivity contribution in [3.63, 3.8) is 0 Å². The summed E-state index contributed by atoms with van der Waals surface area (Å²) in [5.41, 5.74) is 1.04. The van der Waals surface area contributed by atoms with Gasteiger partial charge in [-0.15, -0.1) is 0 Å². The van der Waals surface area contributed by atoms with E-state index in [1.165, 1.54) is 11.8 Å². The van der Waals surface area contributed by atoms with E-state index in [0.29, 0.717) is 12.3 Å². The molecule has 0 atom stereocenters. The monoisotopic (exact) mass is 390 g/mol. The second-order valence-corrected chi connectivity index (χ2v) is 7.89. The number of thioether (sulfide) groups is 2. The average Bonchev–Trinajstić information content (AvgIpc) is 2.72. The number of carbonyl (C=O) groups excluding carboxylic acids is 1. The van der Waals surface area contributed by atoms with Gasteiger partial charge in [-0.05, 0) is 17.7 Å². The zero-order valence-electron chi connectivity index (χ0n) is 14.7. The number of rotatable bonds is 7. The number of benzene rings is 1. The lowest BCUT2D eigenvalue weighted by Crippen LogP contribution is -2.33. The fourth-order valence-corrected chi connectivity index (χ4v) is 4.26. The Bertz CT molecular complexity index is 721. The second kappa shape index (κ2) is 9.68. The third kappa shape index (κ3) is 5.28. The van der Waals surface area contributed by atoms with Crippen molar-refractivity contribution in [1.29, 1.82) is 0 Å². The number of carbonyl (C=O) groups is 1. The SMILES string of the molecule is COc1ccc(CNC(=O)CSc2nccnc2N2CCSCC2)cc1. The molecule has 0 saturated carbocycles. The summed E-state index contributed by atoms with van der Waals surface area (Å²) in [4.78, 5) is 23.3. The molecule has 0 radical (unpaired) electrons. The van der Waals surface area contributed by atoms with Crippen LogP contribution in [0, 0.1) is 0 Å². The Morgan fingerprint density at radius 1 is 1.23 bits per heavy atom. The molecule has 2 heterocycles. The van der Waals surface area contributed by atoms with Crippen LogP contribution in [0.15, 0.2) is 41.7 Å². The maximum atomic E-state index is 12.2. The van der Waals surface area contributed by atoms with Gasteiger partial charge in [0.05, 0.1) is 12.9 Å². The summed E-state index contributed by atoms with van der Waals surface area (Å²) in [7, 11) is 1.64. The van der Waals surface area contributed by atoms with Crippen molar-refractivity contribution in [3.05, 3.63) is 42.2 Å². The van der Waals surface area contributed by atoms with E-state index in [9.17, 15) is 4.79 Å². The Kier molecular flexibility index (Phi) is 7.02. The highest BCUT2D eigenvalue weighted by atomic mass is 32.2. The van der Waals surface area contributed by atoms with Crippen LogP contribution in [0.3, 0.4) is 0 Å². The van der Waals surface area contributed by atoms with Crippen LogP contribution < -0.4 is 15.0 Å². The first-order valence-electron chi connectivity index (χ1n) is 8.42. The van der Waals surface area contributed by atoms with E-state index < -0.39 is 0 Å². The molecule has 8 heteroatoms. The molecule has 2 aromatic rings. The van der Waals surface area contributed by atoms with E-state index in [0.717, 1.165) is 46.8 Å². The Morgan fingerprint density at radius 2 is 1.96 bits per heavy atom. The van der Waals surface area contributed by atoms with Crippen LogP contribution >= 0.6 is 23.5 Å². The zero-order chi connectivity index (χ0) is 18.2. The van der Waals surface area contributed by atoms with E-state index in [4.69, 9.17) is 4.74 Å². The van der Waals surface area contributed by atoms with Crippen LogP contribution in [0.5, 0.6) is 5.75 Å². The highest BCUT2D eigenvalue weighted by molar-refractivity contribution is 8.00. The number of aromatic nitrogens is 2. The van der Waals surface area contributed by atoms with E-state index >= 15 is 0 Å². The van der Waals surface area contributed by atoms with Crippen LogP contribution in [0.25, 0.3) is 0 Å². The predicted octanol–water partition coefficient (Wildman–Crippen LogP) is 2.45. The van der Waals surface area contributed by atoms with Crippen LogP contribution in [0.4, 0.5) is 5.82 Å². The molecule has 138 valence electrons. The maximum absolute atomic E-state index is 12.2. The van der Waals surface area contributed by atoms with Crippen molar-refractivity contribution in [2.75, 3.05) is 42.4 Å². The summed E-state index contributed by atoms with van der Waals surface area (Å²) in [5, 5.41) is 3.76. The number of ether oxygens (including phenoxy) is 1. The predicted molar refractivity (Wildman–Crippen MR) is 107 cm³/mol. The number of anilines is 1. The molecule has 1 fully saturated rings. The van der Waals surface area contributed by atoms with Gasteiger partial charge in [0.15, 0.2) is 5.82 Å². The topological polar surface area (TPSA) is 67.3 Å². The molecule has 1 aromatic heterocycles. The lowest BCUT2D eigenvalue weighted by molar-refractivity contribution is -0.118. The van der Waals surface area contributed by atoms with E-state index in [2.05, 4.69) is 20.2 Å². The molecule has 3 rings (SSSR count). The Hall–Kier alpha value is -1.93. The number of methoxy groups -OCH3 is 1. The van der Waals surface area contributed by atoms with Gasteiger partial charge < -0.3 is 15.0 Å². The van der Waals surface area contributed by atoms with Gasteiger partial charge in [-0.2, -0.15) is 11.8 Å². The van der Waals surface area contributed by atoms with Gasteiger partial charge in [0.1, 0.15) is 10.8 Å². The molecule has 0 unspecified atom stereocenters. The summed E-state index contributed by atoms with van der Waals surface area (Å²) < 4.78 is 5.13. The van der Waals surface area contributed by atoms with Crippen molar-refractivity contribution in [2.45, 2.75) is 11.6 Å². The maximum Gasteiger partial charge on any atom is 0.230 e. The van der Waals surface area contributed by atoms with Gasteiger partial charge in [-0.3, -0.25) is 4.79 Å². The molecule has 0 aliphatic carbocycles. The van der Waals surface area contributed by atoms with Gasteiger partial charge in [0.2, 0.25) is 5.91 Å². The Labute approximate surface area is 162 Å². The van der Waals surface area contributed by atoms with Crippen LogP contribution in [-0.4, -0.2) is 53.3 Å². The van der Waals surface area contributed by atoms with Gasteiger partial charge in [-0.1, -0.05) is 23.9 Å². The molecule has 0 spiro atoms. The molecular weight excluding hydrogens is 368 g/mol. The third-order valence-electron chi connectivity index (χ3n) is 3.95. The fraction of sp³-hybridized carbons (Fsp3) is 0.389. The second-order valence-electron chi connectivity index (χ2n) is 5.70. The van der Waals surface area contributed by atoms with E-state index in [1.54, 1.807) is 19.5 Å². The standard InChI is InChI=1S/C18H22N4O2S2/c1-24-15-4-2-14(3-5-15)12-21-16(23)13-26-18-17(19-6-7-20-18)22-8-10-25-11-9-22/h2-7H,8-13H2,1H3,(H,21,23). The van der Waals surface area contributed by atoms with Gasteiger partial charge >= 0.3 is 0 Å². The first-order chi connectivity index (χ1) is 12.8. The molecule has 1 aliphatic rings. The lowest BCUT2D eigenvalue weighted by Gasteiger charge is -2.28. The van der Waals surface area contributed by atoms with Crippen molar-refractivity contribution in [1.82, 2.24) is 15.3 Å². The third-order valence-corrected chi connectivity index (χ3v) is 5.86. The molecule has 1 amide bonds. The molecule has 0 bridgehead atoms. The highest BCUT2D eigenvalue weighted by Crippen LogP contribution is 2.27. The van der Waals surface area contributed by atoms with E-state index in [-0.39, 0.29) is 5.91 Å². The van der Waals surface area contributed by atoms with E-state index in [1.807, 2.05) is 36.0 Å². The Morgan fingerprint density at radius 3 is 2.69 bits per heavy atom. The Balaban J connectivity index is 1.51. The van der Waals surface area contributed by atoms with Gasteiger partial charge in [0.25, 0.3) is 0 Å². The van der Waals surface area contributed by atoms with Crippen LogP contribution in [-0.2, 0) is 11.3 Å². The normalized spacial score (nSPS) is 14.1. The number of hydrogen-bond acceptors (Lipinski definition) is 7. The molecule has 26 heavy (non-hydrogen) atoms. The molecular formula is C18H22N4O2S2. The largest absolute Gasteiger partial charge is 0.497 e. The number of amides is 1. The van der Waals surface area contributed by atoms with Crippen LogP contribution in [0.2, 0.25) is 0 Å². The number of hydrogen-bond donors (Lipinski definition) is 1. The summed E-state index contributed by atoms with van der Waals surface area (Å²) in [6.07, 6.45) is 3.39. The number of nitrogens with zero attached hydrogens (tertiary/aromatic N) is 3. The van der Waals surface area contributed by atoms with Crippen molar-refractivity contribution in [3.8, 4) is 5.75 Å². The molecule has 1 aromatic carbocycles. The minimum absolute atomic E-state index is 0.0170. The minimum atomic E-state index is -0.0170.